The van der Waals surface area contributed by atoms with Crippen LogP contribution >= 0.6 is 0 Å². The molecule has 6 heteroatoms. The van der Waals surface area contributed by atoms with Crippen LogP contribution in [0.2, 0.25) is 0 Å². The van der Waals surface area contributed by atoms with Crippen molar-refractivity contribution in [1.29, 1.82) is 0 Å². The summed E-state index contributed by atoms with van der Waals surface area (Å²) < 4.78 is 35.5. The summed E-state index contributed by atoms with van der Waals surface area (Å²) >= 11 is 0. The van der Waals surface area contributed by atoms with Crippen molar-refractivity contribution in [3.8, 4) is 22.6 Å². The molecule has 1 aliphatic carbocycles. The van der Waals surface area contributed by atoms with Crippen molar-refractivity contribution in [3.05, 3.63) is 144 Å². The summed E-state index contributed by atoms with van der Waals surface area (Å²) in [5, 5.41) is 4.67. The normalized spacial score (nSPS) is 17.3. The lowest BCUT2D eigenvalue weighted by molar-refractivity contribution is -0.151. The van der Waals surface area contributed by atoms with Gasteiger partial charge < -0.3 is 28.4 Å². The van der Waals surface area contributed by atoms with Crippen molar-refractivity contribution >= 4 is 21.5 Å². The Hall–Kier alpha value is -4.72. The van der Waals surface area contributed by atoms with Gasteiger partial charge in [0, 0.05) is 10.8 Å². The first kappa shape index (κ1) is 35.9. The van der Waals surface area contributed by atoms with Gasteiger partial charge in [-0.1, -0.05) is 111 Å². The van der Waals surface area contributed by atoms with Gasteiger partial charge in [0.2, 0.25) is 0 Å². The second-order valence-corrected chi connectivity index (χ2v) is 15.7. The number of ether oxygens (including phenoxy) is 6. The molecule has 0 bridgehead atoms. The maximum atomic E-state index is 6.26. The van der Waals surface area contributed by atoms with Gasteiger partial charge >= 0.3 is 0 Å². The zero-order valence-corrected chi connectivity index (χ0v) is 32.0. The van der Waals surface area contributed by atoms with Crippen molar-refractivity contribution in [2.45, 2.75) is 32.1 Å². The van der Waals surface area contributed by atoms with Crippen LogP contribution in [0.15, 0.2) is 121 Å². The molecule has 6 nitrogen and oxygen atoms in total. The molecule has 0 saturated carbocycles. The minimum absolute atomic E-state index is 0.173. The van der Waals surface area contributed by atoms with Crippen LogP contribution in [0.1, 0.15) is 48.9 Å². The Morgan fingerprint density at radius 2 is 0.909 bits per heavy atom. The highest BCUT2D eigenvalue weighted by Crippen LogP contribution is 2.58. The summed E-state index contributed by atoms with van der Waals surface area (Å²) in [6.45, 7) is 11.1. The molecule has 0 radical (unpaired) electrons. The van der Waals surface area contributed by atoms with Crippen molar-refractivity contribution < 1.29 is 28.4 Å². The maximum absolute atomic E-state index is 6.26. The fourth-order valence-corrected chi connectivity index (χ4v) is 8.89. The van der Waals surface area contributed by atoms with Crippen molar-refractivity contribution in [2.24, 2.45) is 10.8 Å². The van der Waals surface area contributed by atoms with Crippen molar-refractivity contribution in [2.75, 3.05) is 66.1 Å². The highest BCUT2D eigenvalue weighted by molar-refractivity contribution is 5.99. The Morgan fingerprint density at radius 3 is 1.33 bits per heavy atom. The molecule has 2 saturated heterocycles. The Bertz CT molecular complexity index is 2130. The molecule has 0 amide bonds. The fourth-order valence-electron chi connectivity index (χ4n) is 8.89. The molecule has 2 heterocycles. The quantitative estimate of drug-likeness (QED) is 0.0922. The molecule has 2 fully saturated rings. The SMILES string of the molecule is CCC1(COCCOc2ccc3c(C4(c5cccc6cc(OCCOCC7(CC)COC7)ccc56)c5ccccc5-c5ccccc54)cccc3c2)COC1. The first-order valence-corrected chi connectivity index (χ1v) is 19.9. The molecule has 0 N–H and O–H groups in total. The minimum atomic E-state index is -0.570. The zero-order chi connectivity index (χ0) is 37.3. The topological polar surface area (TPSA) is 55.4 Å². The predicted molar refractivity (Wildman–Crippen MR) is 218 cm³/mol. The summed E-state index contributed by atoms with van der Waals surface area (Å²) in [5.41, 5.74) is 7.38. The van der Waals surface area contributed by atoms with E-state index in [-0.39, 0.29) is 10.8 Å². The monoisotopic (exact) mass is 734 g/mol. The van der Waals surface area contributed by atoms with E-state index in [0.29, 0.717) is 39.6 Å². The van der Waals surface area contributed by atoms with Gasteiger partial charge in [-0.3, -0.25) is 0 Å². The Labute approximate surface area is 324 Å². The number of fused-ring (bicyclic) bond motifs is 5. The van der Waals surface area contributed by atoms with E-state index in [4.69, 9.17) is 28.4 Å². The van der Waals surface area contributed by atoms with Gasteiger partial charge in [-0.25, -0.2) is 0 Å². The van der Waals surface area contributed by atoms with Crippen molar-refractivity contribution in [3.63, 3.8) is 0 Å². The van der Waals surface area contributed by atoms with E-state index >= 15 is 0 Å². The second-order valence-electron chi connectivity index (χ2n) is 15.7. The van der Waals surface area contributed by atoms with Crippen LogP contribution in [0.25, 0.3) is 32.7 Å². The molecule has 9 rings (SSSR count). The highest BCUT2D eigenvalue weighted by atomic mass is 16.5. The molecule has 0 atom stereocenters. The van der Waals surface area contributed by atoms with E-state index in [1.807, 2.05) is 0 Å². The fraction of sp³-hybridized carbons (Fsp3) is 0.347. The van der Waals surface area contributed by atoms with Crippen LogP contribution in [0, 0.1) is 10.8 Å². The van der Waals surface area contributed by atoms with Crippen LogP contribution in [-0.4, -0.2) is 66.1 Å². The average molecular weight is 735 g/mol. The molecule has 6 aromatic rings. The van der Waals surface area contributed by atoms with Gasteiger partial charge in [0.15, 0.2) is 0 Å². The van der Waals surface area contributed by atoms with E-state index in [1.165, 1.54) is 44.2 Å². The lowest BCUT2D eigenvalue weighted by Crippen LogP contribution is -2.45. The van der Waals surface area contributed by atoms with Crippen LogP contribution in [-0.2, 0) is 24.4 Å². The van der Waals surface area contributed by atoms with E-state index in [9.17, 15) is 0 Å². The van der Waals surface area contributed by atoms with Crippen LogP contribution in [0.3, 0.4) is 0 Å². The molecule has 6 aromatic carbocycles. The molecule has 0 spiro atoms. The molecule has 3 aliphatic rings. The average Bonchev–Trinajstić information content (AvgIpc) is 3.49. The number of hydrogen-bond donors (Lipinski definition) is 0. The number of hydrogen-bond acceptors (Lipinski definition) is 6. The Morgan fingerprint density at radius 1 is 0.473 bits per heavy atom. The third-order valence-corrected chi connectivity index (χ3v) is 12.4. The van der Waals surface area contributed by atoms with Crippen molar-refractivity contribution in [1.82, 2.24) is 0 Å². The van der Waals surface area contributed by atoms with Gasteiger partial charge in [-0.15, -0.1) is 0 Å². The second kappa shape index (κ2) is 15.1. The molecular formula is C49H50O6. The van der Waals surface area contributed by atoms with E-state index in [2.05, 4.69) is 135 Å². The first-order chi connectivity index (χ1) is 27.1. The summed E-state index contributed by atoms with van der Waals surface area (Å²) in [6.07, 6.45) is 2.14. The first-order valence-electron chi connectivity index (χ1n) is 19.9. The summed E-state index contributed by atoms with van der Waals surface area (Å²) in [5.74, 6) is 1.69. The smallest absolute Gasteiger partial charge is 0.120 e. The standard InChI is InChI=1S/C49H50O6/c1-3-47(31-52-32-47)29-50-23-25-54-37-19-21-39-35(27-37)11-9-17-43(39)49(45-15-7-5-13-41(45)42-14-6-8-16-46(42)49)44-18-10-12-36-28-38(20-22-40(36)44)55-26-24-51-30-48(4-2)33-53-34-48/h5-22,27-28H,3-4,23-26,29-34H2,1-2H3. The lowest BCUT2D eigenvalue weighted by Gasteiger charge is -2.40. The van der Waals surface area contributed by atoms with Crippen LogP contribution in [0.4, 0.5) is 0 Å². The minimum Gasteiger partial charge on any atom is -0.491 e. The van der Waals surface area contributed by atoms with Gasteiger partial charge in [-0.2, -0.15) is 0 Å². The van der Waals surface area contributed by atoms with E-state index < -0.39 is 5.41 Å². The predicted octanol–water partition coefficient (Wildman–Crippen LogP) is 10.0. The maximum Gasteiger partial charge on any atom is 0.120 e. The van der Waals surface area contributed by atoms with Crippen LogP contribution < -0.4 is 9.47 Å². The summed E-state index contributed by atoms with van der Waals surface area (Å²) in [6, 6.07) is 44.3. The Balaban J connectivity index is 1.05. The molecule has 2 aliphatic heterocycles. The third-order valence-electron chi connectivity index (χ3n) is 12.4. The molecular weight excluding hydrogens is 685 g/mol. The zero-order valence-electron chi connectivity index (χ0n) is 32.0. The number of benzene rings is 6. The third kappa shape index (κ3) is 6.39. The largest absolute Gasteiger partial charge is 0.491 e. The molecule has 0 aromatic heterocycles. The van der Waals surface area contributed by atoms with Gasteiger partial charge in [0.1, 0.15) is 24.7 Å². The highest BCUT2D eigenvalue weighted by Gasteiger charge is 2.47. The molecule has 282 valence electrons. The lowest BCUT2D eigenvalue weighted by atomic mass is 9.65. The molecule has 0 unspecified atom stereocenters. The summed E-state index contributed by atoms with van der Waals surface area (Å²) in [7, 11) is 0. The van der Waals surface area contributed by atoms with E-state index in [0.717, 1.165) is 61.5 Å². The van der Waals surface area contributed by atoms with Crippen LogP contribution in [0.5, 0.6) is 11.5 Å². The number of rotatable bonds is 16. The Kier molecular flexibility index (Phi) is 9.86. The molecule has 55 heavy (non-hydrogen) atoms. The van der Waals surface area contributed by atoms with E-state index in [1.54, 1.807) is 0 Å². The summed E-state index contributed by atoms with van der Waals surface area (Å²) in [4.78, 5) is 0. The van der Waals surface area contributed by atoms with Gasteiger partial charge in [0.25, 0.3) is 0 Å². The van der Waals surface area contributed by atoms with Gasteiger partial charge in [-0.05, 0) is 92.0 Å². The van der Waals surface area contributed by atoms with Gasteiger partial charge in [0.05, 0.1) is 58.3 Å².